The molecule has 156 valence electrons. The first-order valence-electron chi connectivity index (χ1n) is 9.07. The normalized spacial score (nSPS) is 10.5. The molecule has 1 aromatic heterocycles. The summed E-state index contributed by atoms with van der Waals surface area (Å²) in [5.41, 5.74) is 2.02. The predicted molar refractivity (Wildman–Crippen MR) is 104 cm³/mol. The van der Waals surface area contributed by atoms with Gasteiger partial charge in [-0.25, -0.2) is 9.18 Å². The maximum absolute atomic E-state index is 12.9. The van der Waals surface area contributed by atoms with E-state index in [1.807, 2.05) is 6.92 Å². The number of ketones is 1. The Bertz CT molecular complexity index is 1040. The molecule has 0 unspecified atom stereocenters. The van der Waals surface area contributed by atoms with E-state index in [9.17, 15) is 14.0 Å². The minimum atomic E-state index is -0.693. The molecule has 0 saturated carbocycles. The highest BCUT2D eigenvalue weighted by molar-refractivity contribution is 5.99. The molecular formula is C22H20FNO6. The Morgan fingerprint density at radius 3 is 2.37 bits per heavy atom. The summed E-state index contributed by atoms with van der Waals surface area (Å²) in [6.07, 6.45) is 0. The van der Waals surface area contributed by atoms with Crippen molar-refractivity contribution in [3.8, 4) is 11.5 Å². The SMILES string of the molecule is COc1cc(C(=O)OCC(=O)c2ccc(F)cc2)ccc1OCc1c(C)noc1C. The molecule has 0 amide bonds. The number of carbonyl (C=O) groups is 2. The largest absolute Gasteiger partial charge is 0.493 e. The molecule has 0 spiro atoms. The smallest absolute Gasteiger partial charge is 0.338 e. The van der Waals surface area contributed by atoms with Crippen LogP contribution in [-0.4, -0.2) is 30.6 Å². The van der Waals surface area contributed by atoms with E-state index >= 15 is 0 Å². The minimum Gasteiger partial charge on any atom is -0.493 e. The molecule has 0 radical (unpaired) electrons. The third kappa shape index (κ3) is 4.83. The van der Waals surface area contributed by atoms with E-state index in [0.29, 0.717) is 17.3 Å². The maximum atomic E-state index is 12.9. The fourth-order valence-electron chi connectivity index (χ4n) is 2.71. The minimum absolute atomic E-state index is 0.198. The highest BCUT2D eigenvalue weighted by Crippen LogP contribution is 2.29. The Morgan fingerprint density at radius 2 is 1.73 bits per heavy atom. The van der Waals surface area contributed by atoms with Crippen LogP contribution in [0.25, 0.3) is 0 Å². The molecule has 30 heavy (non-hydrogen) atoms. The number of halogens is 1. The van der Waals surface area contributed by atoms with Crippen molar-refractivity contribution >= 4 is 11.8 Å². The zero-order chi connectivity index (χ0) is 21.7. The molecular weight excluding hydrogens is 393 g/mol. The first-order valence-corrected chi connectivity index (χ1v) is 9.07. The summed E-state index contributed by atoms with van der Waals surface area (Å²) < 4.78 is 34.2. The number of methoxy groups -OCH3 is 1. The Kier molecular flexibility index (Phi) is 6.46. The molecule has 0 aliphatic carbocycles. The molecule has 8 heteroatoms. The first-order chi connectivity index (χ1) is 14.4. The fourth-order valence-corrected chi connectivity index (χ4v) is 2.71. The van der Waals surface area contributed by atoms with Crippen molar-refractivity contribution < 1.29 is 32.7 Å². The highest BCUT2D eigenvalue weighted by atomic mass is 19.1. The van der Waals surface area contributed by atoms with E-state index in [4.69, 9.17) is 18.7 Å². The van der Waals surface area contributed by atoms with Gasteiger partial charge in [-0.05, 0) is 56.3 Å². The number of hydrogen-bond donors (Lipinski definition) is 0. The fraction of sp³-hybridized carbons (Fsp3) is 0.227. The van der Waals surface area contributed by atoms with Crippen molar-refractivity contribution in [3.05, 3.63) is 76.4 Å². The van der Waals surface area contributed by atoms with Crippen molar-refractivity contribution in [1.29, 1.82) is 0 Å². The van der Waals surface area contributed by atoms with E-state index in [2.05, 4.69) is 5.16 Å². The van der Waals surface area contributed by atoms with Gasteiger partial charge in [-0.1, -0.05) is 5.16 Å². The van der Waals surface area contributed by atoms with Crippen LogP contribution < -0.4 is 9.47 Å². The van der Waals surface area contributed by atoms with E-state index in [1.54, 1.807) is 13.0 Å². The summed E-state index contributed by atoms with van der Waals surface area (Å²) >= 11 is 0. The molecule has 0 fully saturated rings. The van der Waals surface area contributed by atoms with E-state index in [1.165, 1.54) is 43.5 Å². The summed E-state index contributed by atoms with van der Waals surface area (Å²) in [4.78, 5) is 24.4. The second-order valence-corrected chi connectivity index (χ2v) is 6.46. The van der Waals surface area contributed by atoms with Crippen LogP contribution in [0.1, 0.15) is 37.7 Å². The molecule has 0 aliphatic rings. The van der Waals surface area contributed by atoms with Gasteiger partial charge in [-0.3, -0.25) is 4.79 Å². The van der Waals surface area contributed by atoms with Crippen LogP contribution in [0.3, 0.4) is 0 Å². The lowest BCUT2D eigenvalue weighted by Crippen LogP contribution is -2.14. The van der Waals surface area contributed by atoms with Gasteiger partial charge in [0.2, 0.25) is 0 Å². The quantitative estimate of drug-likeness (QED) is 0.406. The lowest BCUT2D eigenvalue weighted by atomic mass is 10.1. The second-order valence-electron chi connectivity index (χ2n) is 6.46. The van der Waals surface area contributed by atoms with Crippen molar-refractivity contribution in [1.82, 2.24) is 5.16 Å². The van der Waals surface area contributed by atoms with Crippen molar-refractivity contribution in [2.45, 2.75) is 20.5 Å². The van der Waals surface area contributed by atoms with E-state index < -0.39 is 24.2 Å². The Labute approximate surface area is 172 Å². The Morgan fingerprint density at radius 1 is 1.03 bits per heavy atom. The standard InChI is InChI=1S/C22H20FNO6/c1-13-18(14(2)30-24-13)11-28-20-9-6-16(10-21(20)27-3)22(26)29-12-19(25)15-4-7-17(23)8-5-15/h4-10H,11-12H2,1-3H3. The zero-order valence-corrected chi connectivity index (χ0v) is 16.7. The van der Waals surface area contributed by atoms with Gasteiger partial charge in [0, 0.05) is 5.56 Å². The summed E-state index contributed by atoms with van der Waals surface area (Å²) in [6.45, 7) is 3.38. The topological polar surface area (TPSA) is 87.9 Å². The molecule has 0 atom stereocenters. The van der Waals surface area contributed by atoms with Gasteiger partial charge >= 0.3 is 5.97 Å². The van der Waals surface area contributed by atoms with Gasteiger partial charge in [-0.2, -0.15) is 0 Å². The average molecular weight is 413 g/mol. The van der Waals surface area contributed by atoms with Crippen LogP contribution in [0.15, 0.2) is 47.0 Å². The van der Waals surface area contributed by atoms with Gasteiger partial charge in [0.1, 0.15) is 18.2 Å². The van der Waals surface area contributed by atoms with Crippen LogP contribution in [0.2, 0.25) is 0 Å². The van der Waals surface area contributed by atoms with Crippen LogP contribution in [0.4, 0.5) is 4.39 Å². The number of esters is 1. The predicted octanol–water partition coefficient (Wildman–Crippen LogP) is 4.06. The molecule has 1 heterocycles. The number of rotatable bonds is 8. The number of nitrogens with zero attached hydrogens (tertiary/aromatic N) is 1. The monoisotopic (exact) mass is 413 g/mol. The van der Waals surface area contributed by atoms with Crippen molar-refractivity contribution in [2.24, 2.45) is 0 Å². The third-order valence-corrected chi connectivity index (χ3v) is 4.45. The first kappa shape index (κ1) is 21.0. The molecule has 0 N–H and O–H groups in total. The van der Waals surface area contributed by atoms with Crippen LogP contribution in [0.5, 0.6) is 11.5 Å². The van der Waals surface area contributed by atoms with Crippen molar-refractivity contribution in [3.63, 3.8) is 0 Å². The van der Waals surface area contributed by atoms with Gasteiger partial charge in [0.15, 0.2) is 23.9 Å². The van der Waals surface area contributed by atoms with Crippen LogP contribution in [0, 0.1) is 19.7 Å². The van der Waals surface area contributed by atoms with Gasteiger partial charge < -0.3 is 18.7 Å². The van der Waals surface area contributed by atoms with E-state index in [-0.39, 0.29) is 17.7 Å². The second kappa shape index (κ2) is 9.21. The highest BCUT2D eigenvalue weighted by Gasteiger charge is 2.16. The molecule has 3 aromatic rings. The van der Waals surface area contributed by atoms with Crippen molar-refractivity contribution in [2.75, 3.05) is 13.7 Å². The molecule has 7 nitrogen and oxygen atoms in total. The van der Waals surface area contributed by atoms with Gasteiger partial charge in [0.25, 0.3) is 0 Å². The number of ether oxygens (including phenoxy) is 3. The number of benzene rings is 2. The lowest BCUT2D eigenvalue weighted by Gasteiger charge is -2.12. The summed E-state index contributed by atoms with van der Waals surface area (Å²) in [6, 6.07) is 9.56. The number of hydrogen-bond acceptors (Lipinski definition) is 7. The third-order valence-electron chi connectivity index (χ3n) is 4.45. The van der Waals surface area contributed by atoms with Gasteiger partial charge in [-0.15, -0.1) is 0 Å². The lowest BCUT2D eigenvalue weighted by molar-refractivity contribution is 0.0474. The maximum Gasteiger partial charge on any atom is 0.338 e. The molecule has 0 bridgehead atoms. The number of aryl methyl sites for hydroxylation is 2. The number of Topliss-reactive ketones (excluding diaryl/α,β-unsaturated/α-hetero) is 1. The molecule has 3 rings (SSSR count). The van der Waals surface area contributed by atoms with E-state index in [0.717, 1.165) is 11.3 Å². The summed E-state index contributed by atoms with van der Waals surface area (Å²) in [7, 11) is 1.45. The summed E-state index contributed by atoms with van der Waals surface area (Å²) in [5, 5.41) is 3.88. The zero-order valence-electron chi connectivity index (χ0n) is 16.7. The molecule has 2 aromatic carbocycles. The van der Waals surface area contributed by atoms with Crippen LogP contribution >= 0.6 is 0 Å². The Balaban J connectivity index is 1.63. The average Bonchev–Trinajstić information content (AvgIpc) is 3.07. The Hall–Kier alpha value is -3.68. The summed E-state index contributed by atoms with van der Waals surface area (Å²) in [5.74, 6) is -0.155. The van der Waals surface area contributed by atoms with Gasteiger partial charge in [0.05, 0.1) is 23.9 Å². The number of aromatic nitrogens is 1. The van der Waals surface area contributed by atoms with Crippen LogP contribution in [-0.2, 0) is 11.3 Å². The molecule has 0 saturated heterocycles. The molecule has 0 aliphatic heterocycles. The number of carbonyl (C=O) groups excluding carboxylic acids is 2.